The second-order valence-corrected chi connectivity index (χ2v) is 10.9. The van der Waals surface area contributed by atoms with Crippen LogP contribution in [-0.4, -0.2) is 20.3 Å². The van der Waals surface area contributed by atoms with E-state index in [0.29, 0.717) is 30.2 Å². The molecule has 0 N–H and O–H groups in total. The molecule has 0 bridgehead atoms. The molecule has 0 amide bonds. The Bertz CT molecular complexity index is 1810. The Kier molecular flexibility index (Phi) is 6.92. The van der Waals surface area contributed by atoms with Gasteiger partial charge in [-0.2, -0.15) is 0 Å². The number of aryl methyl sites for hydroxylation is 2. The number of hydrogen-bond acceptors (Lipinski definition) is 4. The van der Waals surface area contributed by atoms with Crippen molar-refractivity contribution in [3.05, 3.63) is 173 Å². The smallest absolute Gasteiger partial charge is 0.191 e. The minimum atomic E-state index is -0.637. The fourth-order valence-corrected chi connectivity index (χ4v) is 6.33. The van der Waals surface area contributed by atoms with Crippen molar-refractivity contribution >= 4 is 11.9 Å². The highest BCUT2D eigenvalue weighted by molar-refractivity contribution is 5.99. The number of aromatic nitrogens is 3. The standard InChI is InChI=1S/C38H31N3O2/c1-27-40-36-35(43-27)24-23-29(37(36)42)22-21-28-13-11-12-20-33(28)34-25-41(26-39-34)38(30-14-5-2-6-15-30,31-16-7-3-8-17-31)32-18-9-4-10-19-32/h2-22,25-26,29H,23-24H2,1H3. The van der Waals surface area contributed by atoms with E-state index in [1.807, 2.05) is 48.8 Å². The molecule has 0 radical (unpaired) electrons. The average molecular weight is 562 g/mol. The quantitative estimate of drug-likeness (QED) is 0.185. The maximum atomic E-state index is 13.1. The molecule has 6 aromatic rings. The first-order valence-electron chi connectivity index (χ1n) is 14.6. The Morgan fingerprint density at radius 3 is 2.02 bits per heavy atom. The lowest BCUT2D eigenvalue weighted by Crippen LogP contribution is -2.36. The number of hydrogen-bond donors (Lipinski definition) is 0. The van der Waals surface area contributed by atoms with Crippen LogP contribution < -0.4 is 0 Å². The van der Waals surface area contributed by atoms with Crippen LogP contribution in [0.2, 0.25) is 0 Å². The van der Waals surface area contributed by atoms with E-state index < -0.39 is 5.54 Å². The lowest BCUT2D eigenvalue weighted by molar-refractivity contribution is 0.0922. The first-order valence-corrected chi connectivity index (χ1v) is 14.6. The van der Waals surface area contributed by atoms with E-state index in [1.165, 1.54) is 0 Å². The van der Waals surface area contributed by atoms with Crippen LogP contribution in [0, 0.1) is 12.8 Å². The molecular formula is C38H31N3O2. The van der Waals surface area contributed by atoms with E-state index in [2.05, 4.69) is 101 Å². The molecule has 43 heavy (non-hydrogen) atoms. The predicted octanol–water partition coefficient (Wildman–Crippen LogP) is 8.15. The number of benzene rings is 4. The summed E-state index contributed by atoms with van der Waals surface area (Å²) in [4.78, 5) is 22.4. The largest absolute Gasteiger partial charge is 0.445 e. The van der Waals surface area contributed by atoms with Gasteiger partial charge in [0.1, 0.15) is 17.0 Å². The van der Waals surface area contributed by atoms with Crippen LogP contribution in [0.5, 0.6) is 0 Å². The van der Waals surface area contributed by atoms with Gasteiger partial charge in [-0.05, 0) is 28.7 Å². The highest BCUT2D eigenvalue weighted by Gasteiger charge is 2.38. The summed E-state index contributed by atoms with van der Waals surface area (Å²) >= 11 is 0. The fraction of sp³-hybridized carbons (Fsp3) is 0.132. The van der Waals surface area contributed by atoms with Crippen LogP contribution >= 0.6 is 0 Å². The highest BCUT2D eigenvalue weighted by Crippen LogP contribution is 2.41. The molecule has 1 unspecified atom stereocenters. The summed E-state index contributed by atoms with van der Waals surface area (Å²) < 4.78 is 7.85. The molecule has 5 heteroatoms. The van der Waals surface area contributed by atoms with Gasteiger partial charge >= 0.3 is 0 Å². The minimum Gasteiger partial charge on any atom is -0.445 e. The zero-order valence-electron chi connectivity index (χ0n) is 23.9. The molecule has 210 valence electrons. The molecule has 0 aliphatic heterocycles. The van der Waals surface area contributed by atoms with Gasteiger partial charge in [-0.25, -0.2) is 9.97 Å². The molecule has 5 nitrogen and oxygen atoms in total. The van der Waals surface area contributed by atoms with Crippen molar-refractivity contribution in [3.63, 3.8) is 0 Å². The third-order valence-electron chi connectivity index (χ3n) is 8.35. The molecule has 1 aliphatic rings. The van der Waals surface area contributed by atoms with E-state index >= 15 is 0 Å². The number of oxazole rings is 1. The van der Waals surface area contributed by atoms with Crippen molar-refractivity contribution in [1.82, 2.24) is 14.5 Å². The molecule has 2 aromatic heterocycles. The van der Waals surface area contributed by atoms with Gasteiger partial charge < -0.3 is 8.98 Å². The maximum absolute atomic E-state index is 13.1. The third-order valence-corrected chi connectivity index (χ3v) is 8.35. The summed E-state index contributed by atoms with van der Waals surface area (Å²) in [7, 11) is 0. The SMILES string of the molecule is Cc1nc2c(o1)CCC(C=Cc1ccccc1-c1cn(C(c3ccccc3)(c3ccccc3)c3ccccc3)cn1)C2=O. The van der Waals surface area contributed by atoms with Gasteiger partial charge in [-0.3, -0.25) is 4.79 Å². The molecule has 4 aromatic carbocycles. The Morgan fingerprint density at radius 2 is 1.40 bits per heavy atom. The van der Waals surface area contributed by atoms with Crippen LogP contribution in [0.1, 0.15) is 50.8 Å². The number of rotatable bonds is 7. The van der Waals surface area contributed by atoms with Gasteiger partial charge in [0.2, 0.25) is 0 Å². The predicted molar refractivity (Wildman–Crippen MR) is 169 cm³/mol. The van der Waals surface area contributed by atoms with E-state index in [9.17, 15) is 4.79 Å². The molecule has 1 atom stereocenters. The Morgan fingerprint density at radius 1 is 0.814 bits per heavy atom. The first-order chi connectivity index (χ1) is 21.1. The monoisotopic (exact) mass is 561 g/mol. The lowest BCUT2D eigenvalue weighted by atomic mass is 9.77. The van der Waals surface area contributed by atoms with E-state index in [4.69, 9.17) is 9.40 Å². The molecular weight excluding hydrogens is 530 g/mol. The van der Waals surface area contributed by atoms with Crippen molar-refractivity contribution in [1.29, 1.82) is 0 Å². The van der Waals surface area contributed by atoms with Crippen LogP contribution in [0.15, 0.2) is 138 Å². The summed E-state index contributed by atoms with van der Waals surface area (Å²) in [6.45, 7) is 1.79. The second-order valence-electron chi connectivity index (χ2n) is 10.9. The number of ketones is 1. The number of fused-ring (bicyclic) bond motifs is 1. The summed E-state index contributed by atoms with van der Waals surface area (Å²) in [5.41, 5.74) is 6.13. The van der Waals surface area contributed by atoms with Crippen molar-refractivity contribution in [3.8, 4) is 11.3 Å². The van der Waals surface area contributed by atoms with Gasteiger partial charge in [0.15, 0.2) is 11.7 Å². The number of carbonyl (C=O) groups excluding carboxylic acids is 1. The Balaban J connectivity index is 1.32. The summed E-state index contributed by atoms with van der Waals surface area (Å²) in [6, 6.07) is 40.0. The zero-order chi connectivity index (χ0) is 29.2. The van der Waals surface area contributed by atoms with Crippen molar-refractivity contribution in [2.75, 3.05) is 0 Å². The molecule has 0 spiro atoms. The van der Waals surface area contributed by atoms with Crippen molar-refractivity contribution in [2.24, 2.45) is 5.92 Å². The first kappa shape index (κ1) is 26.6. The topological polar surface area (TPSA) is 60.9 Å². The number of nitrogens with zero attached hydrogens (tertiary/aromatic N) is 3. The zero-order valence-corrected chi connectivity index (χ0v) is 23.9. The van der Waals surface area contributed by atoms with Crippen LogP contribution in [0.4, 0.5) is 0 Å². The van der Waals surface area contributed by atoms with E-state index in [0.717, 1.165) is 33.5 Å². The second kappa shape index (κ2) is 11.2. The molecule has 0 saturated heterocycles. The molecule has 1 aliphatic carbocycles. The number of allylic oxidation sites excluding steroid dienone is 1. The van der Waals surface area contributed by atoms with Gasteiger partial charge in [0, 0.05) is 31.0 Å². The normalized spacial score (nSPS) is 15.1. The molecule has 0 saturated carbocycles. The van der Waals surface area contributed by atoms with Crippen LogP contribution in [-0.2, 0) is 12.0 Å². The van der Waals surface area contributed by atoms with Gasteiger partial charge in [0.25, 0.3) is 0 Å². The van der Waals surface area contributed by atoms with E-state index in [-0.39, 0.29) is 11.7 Å². The van der Waals surface area contributed by atoms with Gasteiger partial charge in [-0.15, -0.1) is 0 Å². The number of Topliss-reactive ketones (excluding diaryl/α,β-unsaturated/α-hetero) is 1. The fourth-order valence-electron chi connectivity index (χ4n) is 6.33. The number of carbonyl (C=O) groups is 1. The molecule has 2 heterocycles. The lowest BCUT2D eigenvalue weighted by Gasteiger charge is -2.37. The maximum Gasteiger partial charge on any atom is 0.191 e. The van der Waals surface area contributed by atoms with Crippen molar-refractivity contribution in [2.45, 2.75) is 25.3 Å². The minimum absolute atomic E-state index is 0.0227. The average Bonchev–Trinajstić information content (AvgIpc) is 3.70. The molecule has 7 rings (SSSR count). The number of imidazole rings is 1. The van der Waals surface area contributed by atoms with Gasteiger partial charge in [0.05, 0.1) is 12.0 Å². The molecule has 0 fully saturated rings. The van der Waals surface area contributed by atoms with E-state index in [1.54, 1.807) is 6.92 Å². The third kappa shape index (κ3) is 4.73. The van der Waals surface area contributed by atoms with Crippen LogP contribution in [0.3, 0.4) is 0 Å². The van der Waals surface area contributed by atoms with Crippen LogP contribution in [0.25, 0.3) is 17.3 Å². The highest BCUT2D eigenvalue weighted by atomic mass is 16.4. The van der Waals surface area contributed by atoms with Crippen molar-refractivity contribution < 1.29 is 9.21 Å². The van der Waals surface area contributed by atoms with Gasteiger partial charge in [-0.1, -0.05) is 127 Å². The Hall–Kier alpha value is -5.29. The summed E-state index contributed by atoms with van der Waals surface area (Å²) in [6.07, 6.45) is 9.55. The Labute approximate surface area is 251 Å². The summed E-state index contributed by atoms with van der Waals surface area (Å²) in [5.74, 6) is 1.04. The summed E-state index contributed by atoms with van der Waals surface area (Å²) in [5, 5.41) is 0.